The van der Waals surface area contributed by atoms with E-state index in [2.05, 4.69) is 20.8 Å². The fraction of sp³-hybridized carbons (Fsp3) is 0.444. The zero-order valence-electron chi connectivity index (χ0n) is 14.8. The van der Waals surface area contributed by atoms with Gasteiger partial charge in [0.25, 0.3) is 8.32 Å². The summed E-state index contributed by atoms with van der Waals surface area (Å²) >= 11 is 0. The topological polar surface area (TPSA) is 52.6 Å². The normalized spacial score (nSPS) is 12.3. The van der Waals surface area contributed by atoms with Gasteiger partial charge < -0.3 is 9.16 Å². The van der Waals surface area contributed by atoms with E-state index in [-0.39, 0.29) is 22.8 Å². The number of carbonyl (C=O) groups excluding carboxylic acids is 2. The highest BCUT2D eigenvalue weighted by atomic mass is 28.4. The Bertz CT molecular complexity index is 597. The molecule has 126 valence electrons. The monoisotopic (exact) mass is 334 g/mol. The zero-order chi connectivity index (χ0) is 17.7. The van der Waals surface area contributed by atoms with Crippen molar-refractivity contribution in [1.82, 2.24) is 0 Å². The molecular formula is C18H26O4Si. The molecule has 0 radical (unpaired) electrons. The Balaban J connectivity index is 3.01. The minimum Gasteiger partial charge on any atom is -0.516 e. The van der Waals surface area contributed by atoms with Gasteiger partial charge in [-0.05, 0) is 37.2 Å². The largest absolute Gasteiger partial charge is 0.516 e. The van der Waals surface area contributed by atoms with Crippen LogP contribution in [0.3, 0.4) is 0 Å². The smallest absolute Gasteiger partial charge is 0.339 e. The first-order valence-corrected chi connectivity index (χ1v) is 10.6. The van der Waals surface area contributed by atoms with Crippen LogP contribution in [0.4, 0.5) is 0 Å². The Kier molecular flexibility index (Phi) is 6.33. The standard InChI is InChI=1S/C18H26O4Si/c1-7-8-13-21-16(19)14-11-9-10-12-15(14)17(20)22-23(5,6)18(2,3)4/h7-12H,13H2,1-6H3/b8-7+. The summed E-state index contributed by atoms with van der Waals surface area (Å²) in [6, 6.07) is 6.60. The maximum Gasteiger partial charge on any atom is 0.339 e. The summed E-state index contributed by atoms with van der Waals surface area (Å²) in [6.45, 7) is 12.2. The van der Waals surface area contributed by atoms with Crippen LogP contribution in [0.15, 0.2) is 36.4 Å². The molecule has 0 saturated carbocycles. The van der Waals surface area contributed by atoms with Crippen molar-refractivity contribution in [3.05, 3.63) is 47.5 Å². The molecule has 0 N–H and O–H groups in total. The van der Waals surface area contributed by atoms with Gasteiger partial charge in [0, 0.05) is 0 Å². The highest BCUT2D eigenvalue weighted by Crippen LogP contribution is 2.37. The van der Waals surface area contributed by atoms with Crippen LogP contribution >= 0.6 is 0 Å². The average molecular weight is 334 g/mol. The zero-order valence-corrected chi connectivity index (χ0v) is 15.8. The summed E-state index contributed by atoms with van der Waals surface area (Å²) in [4.78, 5) is 24.7. The van der Waals surface area contributed by atoms with E-state index in [4.69, 9.17) is 9.16 Å². The molecule has 1 rings (SSSR count). The van der Waals surface area contributed by atoms with Gasteiger partial charge in [0.1, 0.15) is 6.61 Å². The van der Waals surface area contributed by atoms with Gasteiger partial charge in [-0.25, -0.2) is 9.59 Å². The number of esters is 1. The average Bonchev–Trinajstić information content (AvgIpc) is 2.45. The SMILES string of the molecule is C/C=C/COC(=O)c1ccccc1C(=O)O[Si](C)(C)C(C)(C)C. The Morgan fingerprint density at radius 1 is 1.09 bits per heavy atom. The van der Waals surface area contributed by atoms with Crippen LogP contribution in [0, 0.1) is 0 Å². The fourth-order valence-corrected chi connectivity index (χ4v) is 2.46. The third kappa shape index (κ3) is 5.06. The van der Waals surface area contributed by atoms with Crippen molar-refractivity contribution in [2.75, 3.05) is 6.61 Å². The third-order valence-electron chi connectivity index (χ3n) is 4.07. The van der Waals surface area contributed by atoms with Crippen molar-refractivity contribution < 1.29 is 18.8 Å². The lowest BCUT2D eigenvalue weighted by molar-refractivity contribution is 0.0537. The molecule has 0 unspecified atom stereocenters. The van der Waals surface area contributed by atoms with E-state index in [0.717, 1.165) is 0 Å². The van der Waals surface area contributed by atoms with Crippen LogP contribution in [0.1, 0.15) is 48.4 Å². The fourth-order valence-electron chi connectivity index (χ4n) is 1.58. The van der Waals surface area contributed by atoms with Gasteiger partial charge in [0.2, 0.25) is 0 Å². The Labute approximate surface area is 139 Å². The predicted octanol–water partition coefficient (Wildman–Crippen LogP) is 4.58. The van der Waals surface area contributed by atoms with E-state index in [1.165, 1.54) is 0 Å². The summed E-state index contributed by atoms with van der Waals surface area (Å²) in [5.41, 5.74) is 0.489. The van der Waals surface area contributed by atoms with Crippen molar-refractivity contribution in [2.24, 2.45) is 0 Å². The minimum absolute atomic E-state index is 0.0932. The van der Waals surface area contributed by atoms with Gasteiger partial charge in [-0.3, -0.25) is 0 Å². The molecule has 0 bridgehead atoms. The van der Waals surface area contributed by atoms with Gasteiger partial charge in [-0.2, -0.15) is 0 Å². The molecule has 0 aliphatic heterocycles. The minimum atomic E-state index is -2.25. The molecule has 0 aromatic heterocycles. The molecular weight excluding hydrogens is 308 g/mol. The molecule has 23 heavy (non-hydrogen) atoms. The second-order valence-electron chi connectivity index (χ2n) is 6.86. The molecule has 0 atom stereocenters. The van der Waals surface area contributed by atoms with Crippen molar-refractivity contribution >= 4 is 20.3 Å². The number of hydrogen-bond donors (Lipinski definition) is 0. The number of rotatable bonds is 5. The van der Waals surface area contributed by atoms with Crippen LogP contribution < -0.4 is 0 Å². The van der Waals surface area contributed by atoms with Crippen LogP contribution in [0.5, 0.6) is 0 Å². The molecule has 0 heterocycles. The second kappa shape index (κ2) is 7.59. The second-order valence-corrected chi connectivity index (χ2v) is 11.6. The Hall–Kier alpha value is -1.88. The first-order chi connectivity index (χ1) is 10.6. The molecule has 1 aromatic rings. The number of hydrogen-bond acceptors (Lipinski definition) is 4. The van der Waals surface area contributed by atoms with Crippen LogP contribution in [-0.4, -0.2) is 26.9 Å². The molecule has 0 aliphatic carbocycles. The molecule has 0 spiro atoms. The van der Waals surface area contributed by atoms with E-state index in [1.807, 2.05) is 20.0 Å². The van der Waals surface area contributed by atoms with Crippen molar-refractivity contribution in [2.45, 2.75) is 45.8 Å². The molecule has 0 fully saturated rings. The molecule has 0 saturated heterocycles. The lowest BCUT2D eigenvalue weighted by Crippen LogP contribution is -2.42. The van der Waals surface area contributed by atoms with E-state index in [9.17, 15) is 9.59 Å². The predicted molar refractivity (Wildman–Crippen MR) is 94.2 cm³/mol. The van der Waals surface area contributed by atoms with Crippen LogP contribution in [0.2, 0.25) is 18.1 Å². The van der Waals surface area contributed by atoms with Gasteiger partial charge in [-0.15, -0.1) is 0 Å². The third-order valence-corrected chi connectivity index (χ3v) is 8.38. The summed E-state index contributed by atoms with van der Waals surface area (Å²) in [6.07, 6.45) is 3.53. The maximum absolute atomic E-state index is 12.6. The van der Waals surface area contributed by atoms with Crippen LogP contribution in [0.25, 0.3) is 0 Å². The Morgan fingerprint density at radius 2 is 1.61 bits per heavy atom. The molecule has 0 aliphatic rings. The summed E-state index contributed by atoms with van der Waals surface area (Å²) in [7, 11) is -2.25. The van der Waals surface area contributed by atoms with Crippen molar-refractivity contribution in [1.29, 1.82) is 0 Å². The van der Waals surface area contributed by atoms with Crippen molar-refractivity contribution in [3.8, 4) is 0 Å². The molecule has 1 aromatic carbocycles. The van der Waals surface area contributed by atoms with Gasteiger partial charge in [-0.1, -0.05) is 45.1 Å². The number of carbonyl (C=O) groups is 2. The number of ether oxygens (including phenoxy) is 1. The van der Waals surface area contributed by atoms with Gasteiger partial charge in [0.15, 0.2) is 0 Å². The molecule has 5 heteroatoms. The highest BCUT2D eigenvalue weighted by molar-refractivity contribution is 6.75. The summed E-state index contributed by atoms with van der Waals surface area (Å²) in [5.74, 6) is -0.985. The maximum atomic E-state index is 12.6. The lowest BCUT2D eigenvalue weighted by Gasteiger charge is -2.35. The summed E-state index contributed by atoms with van der Waals surface area (Å²) < 4.78 is 10.9. The quantitative estimate of drug-likeness (QED) is 0.449. The van der Waals surface area contributed by atoms with Crippen LogP contribution in [-0.2, 0) is 9.16 Å². The van der Waals surface area contributed by atoms with E-state index < -0.39 is 20.3 Å². The highest BCUT2D eigenvalue weighted by Gasteiger charge is 2.41. The number of allylic oxidation sites excluding steroid dienone is 1. The Morgan fingerprint density at radius 3 is 2.09 bits per heavy atom. The van der Waals surface area contributed by atoms with E-state index >= 15 is 0 Å². The number of benzene rings is 1. The van der Waals surface area contributed by atoms with Gasteiger partial charge in [0.05, 0.1) is 11.1 Å². The van der Waals surface area contributed by atoms with E-state index in [1.54, 1.807) is 36.4 Å². The summed E-state index contributed by atoms with van der Waals surface area (Å²) in [5, 5.41) is -0.0932. The first-order valence-electron chi connectivity index (χ1n) is 7.71. The lowest BCUT2D eigenvalue weighted by atomic mass is 10.1. The van der Waals surface area contributed by atoms with Crippen molar-refractivity contribution in [3.63, 3.8) is 0 Å². The first kappa shape index (κ1) is 19.2. The molecule has 4 nitrogen and oxygen atoms in total. The van der Waals surface area contributed by atoms with Gasteiger partial charge >= 0.3 is 11.9 Å². The molecule has 0 amide bonds. The van der Waals surface area contributed by atoms with E-state index in [0.29, 0.717) is 0 Å².